The molecule has 0 spiro atoms. The first-order chi connectivity index (χ1) is 15.0. The van der Waals surface area contributed by atoms with Crippen LogP contribution in [0.15, 0.2) is 35.2 Å². The number of benzene rings is 1. The molecule has 1 unspecified atom stereocenters. The molecule has 0 aliphatic carbocycles. The molecular weight excluding hydrogens is 452 g/mol. The predicted molar refractivity (Wildman–Crippen MR) is 123 cm³/mol. The van der Waals surface area contributed by atoms with E-state index in [4.69, 9.17) is 11.6 Å². The number of anilines is 2. The van der Waals surface area contributed by atoms with Gasteiger partial charge in [0.1, 0.15) is 6.04 Å². The molecule has 170 valence electrons. The molecule has 3 aromatic rings. The summed E-state index contributed by atoms with van der Waals surface area (Å²) in [6.07, 6.45) is 0.510. The van der Waals surface area contributed by atoms with Crippen LogP contribution >= 0.6 is 11.6 Å². The molecule has 2 aromatic heterocycles. The fourth-order valence-corrected chi connectivity index (χ4v) is 4.38. The van der Waals surface area contributed by atoms with Crippen molar-refractivity contribution in [2.24, 2.45) is 0 Å². The van der Waals surface area contributed by atoms with Crippen LogP contribution in [0, 0.1) is 27.7 Å². The second kappa shape index (κ2) is 9.25. The largest absolute Gasteiger partial charge is 0.324 e. The van der Waals surface area contributed by atoms with E-state index in [0.29, 0.717) is 39.9 Å². The third kappa shape index (κ3) is 5.08. The topological polar surface area (TPSA) is 119 Å². The summed E-state index contributed by atoms with van der Waals surface area (Å²) in [5.41, 5.74) is 3.14. The number of amides is 1. The Morgan fingerprint density at radius 3 is 2.19 bits per heavy atom. The van der Waals surface area contributed by atoms with Gasteiger partial charge in [-0.1, -0.05) is 18.5 Å². The zero-order chi connectivity index (χ0) is 23.6. The highest BCUT2D eigenvalue weighted by Crippen LogP contribution is 2.25. The number of sulfonamides is 1. The fraction of sp³-hybridized carbons (Fsp3) is 0.333. The van der Waals surface area contributed by atoms with E-state index in [1.165, 1.54) is 24.3 Å². The van der Waals surface area contributed by atoms with Crippen molar-refractivity contribution in [1.29, 1.82) is 0 Å². The van der Waals surface area contributed by atoms with E-state index in [1.807, 2.05) is 13.8 Å². The maximum Gasteiger partial charge on any atom is 0.264 e. The number of carbonyl (C=O) groups excluding carboxylic acids is 1. The van der Waals surface area contributed by atoms with Gasteiger partial charge in [-0.25, -0.2) is 23.1 Å². The van der Waals surface area contributed by atoms with Gasteiger partial charge in [-0.3, -0.25) is 9.48 Å². The standard InChI is InChI=1S/C21H25ClN6O3S/c1-6-18(28-15(5)19(22)14(4)26-28)20(29)25-16-7-9-17(10-8-16)32(30,31)27-21-23-12(2)11-13(3)24-21/h7-11,18H,6H2,1-5H3,(H,25,29)(H,23,24,27). The Balaban J connectivity index is 1.75. The number of aromatic nitrogens is 4. The maximum atomic E-state index is 12.8. The second-order valence-corrected chi connectivity index (χ2v) is 9.51. The molecule has 11 heteroatoms. The van der Waals surface area contributed by atoms with Crippen molar-refractivity contribution in [3.63, 3.8) is 0 Å². The quantitative estimate of drug-likeness (QED) is 0.532. The van der Waals surface area contributed by atoms with Crippen molar-refractivity contribution in [3.8, 4) is 0 Å². The molecule has 0 saturated heterocycles. The first-order valence-electron chi connectivity index (χ1n) is 9.99. The van der Waals surface area contributed by atoms with Crippen molar-refractivity contribution >= 4 is 39.2 Å². The molecule has 0 aliphatic rings. The number of hydrogen-bond donors (Lipinski definition) is 2. The third-order valence-electron chi connectivity index (χ3n) is 4.86. The lowest BCUT2D eigenvalue weighted by Crippen LogP contribution is -2.27. The van der Waals surface area contributed by atoms with Crippen LogP contribution in [0.25, 0.3) is 0 Å². The van der Waals surface area contributed by atoms with Gasteiger partial charge in [-0.2, -0.15) is 5.10 Å². The Morgan fingerprint density at radius 2 is 1.69 bits per heavy atom. The number of nitrogens with one attached hydrogen (secondary N) is 2. The van der Waals surface area contributed by atoms with Crippen LogP contribution in [-0.2, 0) is 14.8 Å². The molecular formula is C21H25ClN6O3S. The smallest absolute Gasteiger partial charge is 0.264 e. The molecule has 1 amide bonds. The lowest BCUT2D eigenvalue weighted by Gasteiger charge is -2.17. The van der Waals surface area contributed by atoms with Gasteiger partial charge in [0.25, 0.3) is 10.0 Å². The van der Waals surface area contributed by atoms with E-state index < -0.39 is 16.1 Å². The number of rotatable bonds is 7. The van der Waals surface area contributed by atoms with Gasteiger partial charge in [-0.15, -0.1) is 0 Å². The highest BCUT2D eigenvalue weighted by Gasteiger charge is 2.24. The summed E-state index contributed by atoms with van der Waals surface area (Å²) in [5.74, 6) is -0.263. The highest BCUT2D eigenvalue weighted by atomic mass is 35.5. The molecule has 1 atom stereocenters. The predicted octanol–water partition coefficient (Wildman–Crippen LogP) is 3.95. The lowest BCUT2D eigenvalue weighted by atomic mass is 10.2. The minimum Gasteiger partial charge on any atom is -0.324 e. The molecule has 0 saturated carbocycles. The summed E-state index contributed by atoms with van der Waals surface area (Å²) in [4.78, 5) is 21.1. The number of aryl methyl sites for hydroxylation is 3. The van der Waals surface area contributed by atoms with E-state index in [-0.39, 0.29) is 16.8 Å². The summed E-state index contributed by atoms with van der Waals surface area (Å²) in [5, 5.41) is 7.71. The summed E-state index contributed by atoms with van der Waals surface area (Å²) < 4.78 is 29.3. The Hall–Kier alpha value is -2.98. The maximum absolute atomic E-state index is 12.8. The van der Waals surface area contributed by atoms with Crippen LogP contribution in [0.1, 0.15) is 42.2 Å². The van der Waals surface area contributed by atoms with E-state index in [1.54, 1.807) is 31.5 Å². The van der Waals surface area contributed by atoms with E-state index in [0.717, 1.165) is 0 Å². The van der Waals surface area contributed by atoms with Crippen LogP contribution in [0.3, 0.4) is 0 Å². The molecule has 32 heavy (non-hydrogen) atoms. The Labute approximate surface area is 192 Å². The number of carbonyl (C=O) groups is 1. The SMILES string of the molecule is CCC(C(=O)Nc1ccc(S(=O)(=O)Nc2nc(C)cc(C)n2)cc1)n1nc(C)c(Cl)c1C. The van der Waals surface area contributed by atoms with E-state index >= 15 is 0 Å². The number of halogens is 1. The van der Waals surface area contributed by atoms with Gasteiger partial charge in [0.05, 0.1) is 21.3 Å². The summed E-state index contributed by atoms with van der Waals surface area (Å²) in [6.45, 7) is 8.99. The fourth-order valence-electron chi connectivity index (χ4n) is 3.31. The van der Waals surface area contributed by atoms with Crippen molar-refractivity contribution in [2.75, 3.05) is 10.0 Å². The monoisotopic (exact) mass is 476 g/mol. The summed E-state index contributed by atoms with van der Waals surface area (Å²) in [6, 6.07) is 7.06. The third-order valence-corrected chi connectivity index (χ3v) is 6.75. The minimum absolute atomic E-state index is 0.00853. The number of hydrogen-bond acceptors (Lipinski definition) is 6. The number of nitrogens with zero attached hydrogens (tertiary/aromatic N) is 4. The van der Waals surface area contributed by atoms with Crippen molar-refractivity contribution < 1.29 is 13.2 Å². The van der Waals surface area contributed by atoms with Crippen molar-refractivity contribution in [2.45, 2.75) is 52.0 Å². The van der Waals surface area contributed by atoms with Crippen LogP contribution in [0.4, 0.5) is 11.6 Å². The van der Waals surface area contributed by atoms with Crippen molar-refractivity contribution in [1.82, 2.24) is 19.7 Å². The zero-order valence-corrected chi connectivity index (χ0v) is 20.0. The molecule has 2 N–H and O–H groups in total. The molecule has 0 fully saturated rings. The van der Waals surface area contributed by atoms with Gasteiger partial charge in [0, 0.05) is 17.1 Å². The van der Waals surface area contributed by atoms with Gasteiger partial charge in [0.2, 0.25) is 11.9 Å². The molecule has 0 radical (unpaired) electrons. The molecule has 3 rings (SSSR count). The van der Waals surface area contributed by atoms with Gasteiger partial charge < -0.3 is 5.32 Å². The van der Waals surface area contributed by atoms with Crippen LogP contribution < -0.4 is 10.0 Å². The average molecular weight is 477 g/mol. The van der Waals surface area contributed by atoms with Gasteiger partial charge in [-0.05, 0) is 64.4 Å². The molecule has 2 heterocycles. The molecule has 9 nitrogen and oxygen atoms in total. The minimum atomic E-state index is -3.88. The van der Waals surface area contributed by atoms with Crippen LogP contribution in [0.5, 0.6) is 0 Å². The average Bonchev–Trinajstić information content (AvgIpc) is 2.95. The van der Waals surface area contributed by atoms with E-state index in [2.05, 4.69) is 25.1 Å². The molecule has 1 aromatic carbocycles. The summed E-state index contributed by atoms with van der Waals surface area (Å²) in [7, 11) is -3.88. The Kier molecular flexibility index (Phi) is 6.85. The summed E-state index contributed by atoms with van der Waals surface area (Å²) >= 11 is 6.21. The second-order valence-electron chi connectivity index (χ2n) is 7.45. The van der Waals surface area contributed by atoms with Crippen LogP contribution in [-0.4, -0.2) is 34.1 Å². The zero-order valence-electron chi connectivity index (χ0n) is 18.5. The normalized spacial score (nSPS) is 12.4. The first-order valence-corrected chi connectivity index (χ1v) is 11.8. The Morgan fingerprint density at radius 1 is 1.09 bits per heavy atom. The molecule has 0 aliphatic heterocycles. The highest BCUT2D eigenvalue weighted by molar-refractivity contribution is 7.92. The van der Waals surface area contributed by atoms with Gasteiger partial charge in [0.15, 0.2) is 0 Å². The van der Waals surface area contributed by atoms with Crippen molar-refractivity contribution in [3.05, 3.63) is 58.1 Å². The van der Waals surface area contributed by atoms with Crippen LogP contribution in [0.2, 0.25) is 5.02 Å². The van der Waals surface area contributed by atoms with E-state index in [9.17, 15) is 13.2 Å². The first kappa shape index (κ1) is 23.7. The molecule has 0 bridgehead atoms. The Bertz CT molecular complexity index is 1240. The lowest BCUT2D eigenvalue weighted by molar-refractivity contribution is -0.119. The van der Waals surface area contributed by atoms with Gasteiger partial charge >= 0.3 is 0 Å².